The van der Waals surface area contributed by atoms with Crippen molar-refractivity contribution in [2.45, 2.75) is 31.7 Å². The maximum atomic E-state index is 12.6. The Labute approximate surface area is 130 Å². The molecule has 3 N–H and O–H groups in total. The minimum Gasteiger partial charge on any atom is -0.497 e. The van der Waals surface area contributed by atoms with Crippen LogP contribution in [0.1, 0.15) is 24.8 Å². The number of carbonyl (C=O) groups is 2. The number of hydrogen-bond donors (Lipinski definition) is 2. The molecule has 0 aliphatic carbocycles. The van der Waals surface area contributed by atoms with Gasteiger partial charge in [-0.15, -0.1) is 0 Å². The number of nitrogens with zero attached hydrogens (tertiary/aromatic N) is 1. The summed E-state index contributed by atoms with van der Waals surface area (Å²) in [5.74, 6) is 0.820. The van der Waals surface area contributed by atoms with E-state index in [1.165, 1.54) is 0 Å². The van der Waals surface area contributed by atoms with Crippen molar-refractivity contribution in [2.75, 3.05) is 20.2 Å². The number of piperidine rings is 1. The highest BCUT2D eigenvalue weighted by molar-refractivity contribution is 5.79. The number of rotatable bonds is 5. The standard InChI is InChI=1S/C16H23N3O3/c1-22-14-7-4-5-12(9-14)10-15(20)19-8-3-2-6-13(19)11-18-16(17)21/h4-5,7,9,13H,2-3,6,8,10-11H2,1H3,(H3,17,18,21)/t13-/m1/s1. The van der Waals surface area contributed by atoms with Crippen LogP contribution in [0.2, 0.25) is 0 Å². The van der Waals surface area contributed by atoms with Crippen LogP contribution < -0.4 is 15.8 Å². The number of urea groups is 1. The van der Waals surface area contributed by atoms with Gasteiger partial charge in [-0.1, -0.05) is 12.1 Å². The maximum absolute atomic E-state index is 12.6. The monoisotopic (exact) mass is 305 g/mol. The van der Waals surface area contributed by atoms with Crippen LogP contribution in [0.3, 0.4) is 0 Å². The first-order chi connectivity index (χ1) is 10.6. The van der Waals surface area contributed by atoms with Gasteiger partial charge in [0.25, 0.3) is 0 Å². The van der Waals surface area contributed by atoms with Gasteiger partial charge in [-0.05, 0) is 37.0 Å². The van der Waals surface area contributed by atoms with E-state index in [0.29, 0.717) is 13.0 Å². The molecular weight excluding hydrogens is 282 g/mol. The van der Waals surface area contributed by atoms with Gasteiger partial charge in [-0.3, -0.25) is 4.79 Å². The normalized spacial score (nSPS) is 17.9. The van der Waals surface area contributed by atoms with Gasteiger partial charge < -0.3 is 20.7 Å². The Kier molecular flexibility index (Phi) is 5.63. The number of likely N-dealkylation sites (tertiary alicyclic amines) is 1. The van der Waals surface area contributed by atoms with E-state index in [-0.39, 0.29) is 11.9 Å². The third-order valence-corrected chi connectivity index (χ3v) is 3.95. The second-order valence-electron chi connectivity index (χ2n) is 5.51. The highest BCUT2D eigenvalue weighted by Gasteiger charge is 2.26. The van der Waals surface area contributed by atoms with Gasteiger partial charge in [0, 0.05) is 19.1 Å². The second kappa shape index (κ2) is 7.68. The molecule has 2 rings (SSSR count). The van der Waals surface area contributed by atoms with Crippen LogP contribution in [0.4, 0.5) is 4.79 Å². The Morgan fingerprint density at radius 2 is 2.23 bits per heavy atom. The first-order valence-corrected chi connectivity index (χ1v) is 7.56. The average molecular weight is 305 g/mol. The van der Waals surface area contributed by atoms with Crippen LogP contribution in [-0.2, 0) is 11.2 Å². The van der Waals surface area contributed by atoms with E-state index in [2.05, 4.69) is 5.32 Å². The molecule has 22 heavy (non-hydrogen) atoms. The highest BCUT2D eigenvalue weighted by atomic mass is 16.5. The van der Waals surface area contributed by atoms with Crippen LogP contribution in [-0.4, -0.2) is 43.1 Å². The lowest BCUT2D eigenvalue weighted by atomic mass is 10.0. The van der Waals surface area contributed by atoms with Crippen molar-refractivity contribution in [3.8, 4) is 5.75 Å². The molecule has 0 spiro atoms. The Bertz CT molecular complexity index is 533. The van der Waals surface area contributed by atoms with Gasteiger partial charge in [0.2, 0.25) is 5.91 Å². The fourth-order valence-corrected chi connectivity index (χ4v) is 2.82. The lowest BCUT2D eigenvalue weighted by molar-refractivity contribution is -0.134. The first-order valence-electron chi connectivity index (χ1n) is 7.56. The van der Waals surface area contributed by atoms with Gasteiger partial charge >= 0.3 is 6.03 Å². The van der Waals surface area contributed by atoms with Crippen molar-refractivity contribution < 1.29 is 14.3 Å². The lowest BCUT2D eigenvalue weighted by Crippen LogP contribution is -2.50. The summed E-state index contributed by atoms with van der Waals surface area (Å²) in [6.45, 7) is 1.15. The summed E-state index contributed by atoms with van der Waals surface area (Å²) in [5.41, 5.74) is 6.05. The summed E-state index contributed by atoms with van der Waals surface area (Å²) in [5, 5.41) is 2.61. The summed E-state index contributed by atoms with van der Waals surface area (Å²) < 4.78 is 5.18. The molecule has 0 unspecified atom stereocenters. The summed E-state index contributed by atoms with van der Waals surface area (Å²) in [7, 11) is 1.61. The number of amides is 3. The molecule has 1 heterocycles. The number of ether oxygens (including phenoxy) is 1. The van der Waals surface area contributed by atoms with Crippen LogP contribution in [0.5, 0.6) is 5.75 Å². The first kappa shape index (κ1) is 16.1. The van der Waals surface area contributed by atoms with Crippen molar-refractivity contribution in [3.63, 3.8) is 0 Å². The molecule has 6 nitrogen and oxygen atoms in total. The predicted molar refractivity (Wildman–Crippen MR) is 83.6 cm³/mol. The summed E-state index contributed by atoms with van der Waals surface area (Å²) in [6.07, 6.45) is 3.29. The van der Waals surface area contributed by atoms with Gasteiger partial charge in [-0.2, -0.15) is 0 Å². The molecule has 120 valence electrons. The van der Waals surface area contributed by atoms with Crippen LogP contribution in [0, 0.1) is 0 Å². The van der Waals surface area contributed by atoms with Crippen LogP contribution >= 0.6 is 0 Å². The van der Waals surface area contributed by atoms with Crippen molar-refractivity contribution in [2.24, 2.45) is 5.73 Å². The molecule has 0 saturated carbocycles. The molecule has 1 fully saturated rings. The van der Waals surface area contributed by atoms with Crippen LogP contribution in [0.15, 0.2) is 24.3 Å². The molecule has 0 aromatic heterocycles. The SMILES string of the molecule is COc1cccc(CC(=O)N2CCCC[C@@H]2CNC(N)=O)c1. The summed E-state index contributed by atoms with van der Waals surface area (Å²) >= 11 is 0. The molecule has 1 aliphatic rings. The van der Waals surface area contributed by atoms with Gasteiger partial charge in [-0.25, -0.2) is 4.79 Å². The number of primary amides is 1. The zero-order valence-electron chi connectivity index (χ0n) is 12.9. The topological polar surface area (TPSA) is 84.7 Å². The van der Waals surface area contributed by atoms with Crippen molar-refractivity contribution in [3.05, 3.63) is 29.8 Å². The molecule has 1 aliphatic heterocycles. The Morgan fingerprint density at radius 3 is 2.95 bits per heavy atom. The number of nitrogens with one attached hydrogen (secondary N) is 1. The molecular formula is C16H23N3O3. The molecule has 1 aromatic carbocycles. The van der Waals surface area contributed by atoms with E-state index in [0.717, 1.165) is 37.1 Å². The minimum absolute atomic E-state index is 0.0272. The maximum Gasteiger partial charge on any atom is 0.312 e. The molecule has 1 atom stereocenters. The molecule has 6 heteroatoms. The lowest BCUT2D eigenvalue weighted by Gasteiger charge is -2.36. The molecule has 3 amide bonds. The molecule has 0 bridgehead atoms. The largest absolute Gasteiger partial charge is 0.497 e. The summed E-state index contributed by atoms with van der Waals surface area (Å²) in [4.78, 5) is 25.3. The minimum atomic E-state index is -0.550. The quantitative estimate of drug-likeness (QED) is 0.859. The van der Waals surface area contributed by atoms with E-state index in [1.54, 1.807) is 7.11 Å². The highest BCUT2D eigenvalue weighted by Crippen LogP contribution is 2.19. The second-order valence-corrected chi connectivity index (χ2v) is 5.51. The molecule has 1 saturated heterocycles. The Morgan fingerprint density at radius 1 is 1.41 bits per heavy atom. The van der Waals surface area contributed by atoms with Crippen LogP contribution in [0.25, 0.3) is 0 Å². The zero-order chi connectivity index (χ0) is 15.9. The van der Waals surface area contributed by atoms with Crippen molar-refractivity contribution in [1.29, 1.82) is 0 Å². The number of hydrogen-bond acceptors (Lipinski definition) is 3. The molecule has 0 radical (unpaired) electrons. The summed E-state index contributed by atoms with van der Waals surface area (Å²) in [6, 6.07) is 7.00. The number of benzene rings is 1. The number of methoxy groups -OCH3 is 1. The van der Waals surface area contributed by atoms with E-state index in [1.807, 2.05) is 29.2 Å². The Balaban J connectivity index is 2.00. The van der Waals surface area contributed by atoms with Crippen molar-refractivity contribution >= 4 is 11.9 Å². The third-order valence-electron chi connectivity index (χ3n) is 3.95. The van der Waals surface area contributed by atoms with Crippen molar-refractivity contribution in [1.82, 2.24) is 10.2 Å². The molecule has 1 aromatic rings. The van der Waals surface area contributed by atoms with Gasteiger partial charge in [0.1, 0.15) is 5.75 Å². The average Bonchev–Trinajstić information content (AvgIpc) is 2.53. The smallest absolute Gasteiger partial charge is 0.312 e. The van der Waals surface area contributed by atoms with E-state index in [9.17, 15) is 9.59 Å². The van der Waals surface area contributed by atoms with Gasteiger partial charge in [0.05, 0.1) is 13.5 Å². The fraction of sp³-hybridized carbons (Fsp3) is 0.500. The van der Waals surface area contributed by atoms with E-state index < -0.39 is 6.03 Å². The Hall–Kier alpha value is -2.24. The third kappa shape index (κ3) is 4.38. The fourth-order valence-electron chi connectivity index (χ4n) is 2.82. The number of carbonyl (C=O) groups excluding carboxylic acids is 2. The van der Waals surface area contributed by atoms with E-state index in [4.69, 9.17) is 10.5 Å². The van der Waals surface area contributed by atoms with Gasteiger partial charge in [0.15, 0.2) is 0 Å². The predicted octanol–water partition coefficient (Wildman–Crippen LogP) is 1.29. The number of nitrogens with two attached hydrogens (primary N) is 1. The van der Waals surface area contributed by atoms with E-state index >= 15 is 0 Å². The zero-order valence-corrected chi connectivity index (χ0v) is 12.9.